The molecule has 5 nitrogen and oxygen atoms in total. The van der Waals surface area contributed by atoms with E-state index in [0.29, 0.717) is 6.04 Å². The molecule has 3 rings (SSSR count). The molecule has 0 amide bonds. The minimum Gasteiger partial charge on any atom is -0.339 e. The van der Waals surface area contributed by atoms with Crippen LogP contribution in [0.3, 0.4) is 0 Å². The number of aromatic nitrogens is 2. The maximum absolute atomic E-state index is 5.25. The molecule has 0 aliphatic carbocycles. The monoisotopic (exact) mass is 250 g/mol. The fourth-order valence-corrected chi connectivity index (χ4v) is 3.21. The molecule has 0 spiro atoms. The quantitative estimate of drug-likeness (QED) is 0.870. The summed E-state index contributed by atoms with van der Waals surface area (Å²) in [6, 6.07) is 0.673. The normalized spacial score (nSPS) is 28.5. The Kier molecular flexibility index (Phi) is 3.61. The van der Waals surface area contributed by atoms with Gasteiger partial charge < -0.3 is 9.84 Å². The first-order valence-corrected chi connectivity index (χ1v) is 7.13. The Bertz CT molecular complexity index is 392. The molecule has 1 aromatic rings. The van der Waals surface area contributed by atoms with Crippen molar-refractivity contribution < 1.29 is 4.52 Å². The van der Waals surface area contributed by atoms with Gasteiger partial charge in [-0.2, -0.15) is 4.98 Å². The van der Waals surface area contributed by atoms with E-state index < -0.39 is 0 Å². The van der Waals surface area contributed by atoms with Crippen molar-refractivity contribution >= 4 is 0 Å². The fraction of sp³-hybridized carbons (Fsp3) is 0.846. The van der Waals surface area contributed by atoms with Gasteiger partial charge in [-0.1, -0.05) is 12.1 Å². The van der Waals surface area contributed by atoms with Gasteiger partial charge in [0.2, 0.25) is 5.89 Å². The second kappa shape index (κ2) is 5.36. The molecular weight excluding hydrogens is 228 g/mol. The molecule has 2 fully saturated rings. The zero-order valence-electron chi connectivity index (χ0n) is 11.1. The number of nitrogens with one attached hydrogen (secondary N) is 1. The molecular formula is C13H22N4O. The molecule has 1 N–H and O–H groups in total. The third-order valence-electron chi connectivity index (χ3n) is 4.11. The van der Waals surface area contributed by atoms with Crippen LogP contribution in [0, 0.1) is 5.92 Å². The van der Waals surface area contributed by atoms with E-state index in [1.165, 1.54) is 25.9 Å². The second-order valence-electron chi connectivity index (χ2n) is 5.45. The van der Waals surface area contributed by atoms with Gasteiger partial charge in [0.1, 0.15) is 0 Å². The van der Waals surface area contributed by atoms with E-state index in [-0.39, 0.29) is 0 Å². The van der Waals surface area contributed by atoms with Crippen LogP contribution >= 0.6 is 0 Å². The first-order chi connectivity index (χ1) is 8.86. The van der Waals surface area contributed by atoms with Crippen molar-refractivity contribution in [2.24, 2.45) is 5.92 Å². The van der Waals surface area contributed by atoms with Crippen LogP contribution < -0.4 is 5.32 Å². The van der Waals surface area contributed by atoms with E-state index in [4.69, 9.17) is 4.52 Å². The Morgan fingerprint density at radius 1 is 1.44 bits per heavy atom. The van der Waals surface area contributed by atoms with E-state index in [0.717, 1.165) is 43.6 Å². The molecule has 3 heterocycles. The van der Waals surface area contributed by atoms with E-state index in [9.17, 15) is 0 Å². The summed E-state index contributed by atoms with van der Waals surface area (Å²) in [7, 11) is 0. The number of hydrogen-bond donors (Lipinski definition) is 1. The van der Waals surface area contributed by atoms with Gasteiger partial charge >= 0.3 is 0 Å². The number of rotatable bonds is 4. The molecule has 0 saturated carbocycles. The van der Waals surface area contributed by atoms with Crippen molar-refractivity contribution in [3.05, 3.63) is 11.7 Å². The highest BCUT2D eigenvalue weighted by Crippen LogP contribution is 2.27. The molecule has 2 saturated heterocycles. The minimum absolute atomic E-state index is 0.673. The van der Waals surface area contributed by atoms with Crippen molar-refractivity contribution in [2.45, 2.75) is 45.2 Å². The SMILES string of the molecule is CCCc1nc(CN2CCCC3CNCC32)no1. The second-order valence-corrected chi connectivity index (χ2v) is 5.45. The van der Waals surface area contributed by atoms with Gasteiger partial charge in [-0.3, -0.25) is 4.90 Å². The van der Waals surface area contributed by atoms with Gasteiger partial charge in [0.25, 0.3) is 0 Å². The van der Waals surface area contributed by atoms with Crippen LogP contribution in [0.4, 0.5) is 0 Å². The Labute approximate surface area is 108 Å². The Balaban J connectivity index is 1.63. The molecule has 18 heavy (non-hydrogen) atoms. The maximum atomic E-state index is 5.25. The smallest absolute Gasteiger partial charge is 0.226 e. The zero-order valence-corrected chi connectivity index (χ0v) is 11.1. The molecule has 0 bridgehead atoms. The lowest BCUT2D eigenvalue weighted by Crippen LogP contribution is -2.44. The highest BCUT2D eigenvalue weighted by Gasteiger charge is 2.35. The third-order valence-corrected chi connectivity index (χ3v) is 4.11. The minimum atomic E-state index is 0.673. The summed E-state index contributed by atoms with van der Waals surface area (Å²) in [5.41, 5.74) is 0. The number of nitrogens with zero attached hydrogens (tertiary/aromatic N) is 3. The van der Waals surface area contributed by atoms with Crippen molar-refractivity contribution in [3.63, 3.8) is 0 Å². The zero-order chi connectivity index (χ0) is 12.4. The molecule has 5 heteroatoms. The van der Waals surface area contributed by atoms with Crippen LogP contribution in [0.2, 0.25) is 0 Å². The van der Waals surface area contributed by atoms with Gasteiger partial charge in [-0.05, 0) is 38.3 Å². The van der Waals surface area contributed by atoms with Crippen LogP contribution in [0.15, 0.2) is 4.52 Å². The van der Waals surface area contributed by atoms with E-state index >= 15 is 0 Å². The van der Waals surface area contributed by atoms with Crippen molar-refractivity contribution in [3.8, 4) is 0 Å². The van der Waals surface area contributed by atoms with Gasteiger partial charge in [-0.25, -0.2) is 0 Å². The average molecular weight is 250 g/mol. The maximum Gasteiger partial charge on any atom is 0.226 e. The van der Waals surface area contributed by atoms with Crippen molar-refractivity contribution in [2.75, 3.05) is 19.6 Å². The number of piperidine rings is 1. The molecule has 2 atom stereocenters. The summed E-state index contributed by atoms with van der Waals surface area (Å²) in [4.78, 5) is 6.99. The van der Waals surface area contributed by atoms with Crippen LogP contribution in [0.5, 0.6) is 0 Å². The summed E-state index contributed by atoms with van der Waals surface area (Å²) >= 11 is 0. The van der Waals surface area contributed by atoms with Crippen LogP contribution in [0.25, 0.3) is 0 Å². The lowest BCUT2D eigenvalue weighted by atomic mass is 9.92. The predicted octanol–water partition coefficient (Wildman–Crippen LogP) is 1.21. The first-order valence-electron chi connectivity index (χ1n) is 7.13. The highest BCUT2D eigenvalue weighted by atomic mass is 16.5. The number of likely N-dealkylation sites (tertiary alicyclic amines) is 1. The standard InChI is InChI=1S/C13H22N4O/c1-2-4-13-15-12(16-18-13)9-17-6-3-5-10-7-14-8-11(10)17/h10-11,14H,2-9H2,1H3. The summed E-state index contributed by atoms with van der Waals surface area (Å²) < 4.78 is 5.25. The number of aryl methyl sites for hydroxylation is 1. The van der Waals surface area contributed by atoms with Crippen LogP contribution in [-0.4, -0.2) is 40.7 Å². The lowest BCUT2D eigenvalue weighted by Gasteiger charge is -2.36. The molecule has 2 aliphatic rings. The van der Waals surface area contributed by atoms with Crippen molar-refractivity contribution in [1.29, 1.82) is 0 Å². The fourth-order valence-electron chi connectivity index (χ4n) is 3.21. The Morgan fingerprint density at radius 2 is 2.39 bits per heavy atom. The van der Waals surface area contributed by atoms with E-state index in [1.54, 1.807) is 0 Å². The van der Waals surface area contributed by atoms with Gasteiger partial charge in [0, 0.05) is 19.0 Å². The van der Waals surface area contributed by atoms with Crippen LogP contribution in [0.1, 0.15) is 37.9 Å². The van der Waals surface area contributed by atoms with Gasteiger partial charge in [0.05, 0.1) is 6.54 Å². The Morgan fingerprint density at radius 3 is 3.28 bits per heavy atom. The molecule has 0 aromatic carbocycles. The summed E-state index contributed by atoms with van der Waals surface area (Å²) in [5.74, 6) is 2.46. The summed E-state index contributed by atoms with van der Waals surface area (Å²) in [5, 5.41) is 7.59. The molecule has 2 aliphatic heterocycles. The van der Waals surface area contributed by atoms with E-state index in [1.807, 2.05) is 0 Å². The molecule has 0 radical (unpaired) electrons. The third kappa shape index (κ3) is 2.42. The number of hydrogen-bond acceptors (Lipinski definition) is 5. The molecule has 2 unspecified atom stereocenters. The van der Waals surface area contributed by atoms with Crippen LogP contribution in [-0.2, 0) is 13.0 Å². The predicted molar refractivity (Wildman–Crippen MR) is 68.1 cm³/mol. The highest BCUT2D eigenvalue weighted by molar-refractivity contribution is 4.95. The van der Waals surface area contributed by atoms with E-state index in [2.05, 4.69) is 27.3 Å². The van der Waals surface area contributed by atoms with Gasteiger partial charge in [-0.15, -0.1) is 0 Å². The number of fused-ring (bicyclic) bond motifs is 1. The summed E-state index contributed by atoms with van der Waals surface area (Å²) in [6.07, 6.45) is 4.60. The topological polar surface area (TPSA) is 54.2 Å². The largest absolute Gasteiger partial charge is 0.339 e. The Hall–Kier alpha value is -0.940. The first kappa shape index (κ1) is 12.1. The van der Waals surface area contributed by atoms with Crippen molar-refractivity contribution in [1.82, 2.24) is 20.4 Å². The lowest BCUT2D eigenvalue weighted by molar-refractivity contribution is 0.113. The summed E-state index contributed by atoms with van der Waals surface area (Å²) in [6.45, 7) is 6.43. The molecule has 100 valence electrons. The molecule has 1 aromatic heterocycles. The van der Waals surface area contributed by atoms with Gasteiger partial charge in [0.15, 0.2) is 5.82 Å². The average Bonchev–Trinajstić information content (AvgIpc) is 2.99.